The van der Waals surface area contributed by atoms with E-state index in [4.69, 9.17) is 16.9 Å². The maximum atomic E-state index is 12.0. The molecule has 0 fully saturated rings. The summed E-state index contributed by atoms with van der Waals surface area (Å²) in [5, 5.41) is 9.13. The lowest BCUT2D eigenvalue weighted by Crippen LogP contribution is -2.12. The third-order valence-electron chi connectivity index (χ3n) is 2.39. The number of nitriles is 1. The minimum Gasteiger partial charge on any atom is -0.280 e. The van der Waals surface area contributed by atoms with E-state index >= 15 is 0 Å². The Bertz CT molecular complexity index is 717. The first kappa shape index (κ1) is 13.4. The Morgan fingerprint density at radius 3 is 2.11 bits per heavy atom. The third kappa shape index (κ3) is 3.25. The minimum atomic E-state index is -3.64. The summed E-state index contributed by atoms with van der Waals surface area (Å²) in [6, 6.07) is 14.0. The molecule has 19 heavy (non-hydrogen) atoms. The van der Waals surface area contributed by atoms with Gasteiger partial charge in [0.25, 0.3) is 10.0 Å². The molecular weight excluding hydrogens is 284 g/mol. The molecule has 2 aromatic rings. The summed E-state index contributed by atoms with van der Waals surface area (Å²) in [5.41, 5.74) is 0.864. The number of rotatable bonds is 3. The van der Waals surface area contributed by atoms with E-state index in [1.165, 1.54) is 36.4 Å². The van der Waals surface area contributed by atoms with Gasteiger partial charge in [-0.2, -0.15) is 5.26 Å². The molecule has 0 aliphatic carbocycles. The highest BCUT2D eigenvalue weighted by Gasteiger charge is 2.13. The van der Waals surface area contributed by atoms with Gasteiger partial charge in [0.1, 0.15) is 0 Å². The molecule has 2 rings (SSSR count). The van der Waals surface area contributed by atoms with E-state index in [1.807, 2.05) is 6.07 Å². The van der Waals surface area contributed by atoms with E-state index in [0.29, 0.717) is 16.3 Å². The van der Waals surface area contributed by atoms with Gasteiger partial charge in [-0.15, -0.1) is 0 Å². The molecule has 0 aliphatic heterocycles. The normalized spacial score (nSPS) is 10.7. The van der Waals surface area contributed by atoms with Crippen molar-refractivity contribution in [2.45, 2.75) is 4.90 Å². The zero-order valence-electron chi connectivity index (χ0n) is 9.67. The van der Waals surface area contributed by atoms with Crippen molar-refractivity contribution in [1.29, 1.82) is 5.26 Å². The van der Waals surface area contributed by atoms with Gasteiger partial charge in [-0.3, -0.25) is 4.72 Å². The smallest absolute Gasteiger partial charge is 0.261 e. The van der Waals surface area contributed by atoms with Gasteiger partial charge in [-0.25, -0.2) is 8.42 Å². The van der Waals surface area contributed by atoms with Gasteiger partial charge < -0.3 is 0 Å². The van der Waals surface area contributed by atoms with Crippen LogP contribution in [0.15, 0.2) is 53.4 Å². The Hall–Kier alpha value is -2.03. The van der Waals surface area contributed by atoms with Gasteiger partial charge >= 0.3 is 0 Å². The van der Waals surface area contributed by atoms with Crippen LogP contribution >= 0.6 is 11.6 Å². The molecule has 0 saturated heterocycles. The maximum Gasteiger partial charge on any atom is 0.261 e. The molecule has 0 heterocycles. The lowest BCUT2D eigenvalue weighted by Gasteiger charge is -2.08. The van der Waals surface area contributed by atoms with E-state index in [2.05, 4.69) is 4.72 Å². The molecule has 0 bridgehead atoms. The number of nitrogens with one attached hydrogen (secondary N) is 1. The van der Waals surface area contributed by atoms with Crippen LogP contribution in [0, 0.1) is 11.3 Å². The number of hydrogen-bond acceptors (Lipinski definition) is 3. The van der Waals surface area contributed by atoms with Crippen LogP contribution in [-0.4, -0.2) is 8.42 Å². The molecule has 4 nitrogen and oxygen atoms in total. The molecule has 0 unspecified atom stereocenters. The summed E-state index contributed by atoms with van der Waals surface area (Å²) in [6.45, 7) is 0. The highest BCUT2D eigenvalue weighted by atomic mass is 35.5. The first-order valence-electron chi connectivity index (χ1n) is 5.30. The fourth-order valence-electron chi connectivity index (χ4n) is 1.44. The van der Waals surface area contributed by atoms with Crippen LogP contribution in [0.25, 0.3) is 0 Å². The van der Waals surface area contributed by atoms with Crippen molar-refractivity contribution in [3.8, 4) is 6.07 Å². The van der Waals surface area contributed by atoms with Gasteiger partial charge in [0.2, 0.25) is 0 Å². The topological polar surface area (TPSA) is 70.0 Å². The van der Waals surface area contributed by atoms with Crippen molar-refractivity contribution in [1.82, 2.24) is 0 Å². The fraction of sp³-hybridized carbons (Fsp3) is 0. The summed E-state index contributed by atoms with van der Waals surface area (Å²) in [7, 11) is -3.64. The van der Waals surface area contributed by atoms with Crippen LogP contribution < -0.4 is 4.72 Å². The minimum absolute atomic E-state index is 0.126. The molecule has 1 N–H and O–H groups in total. The summed E-state index contributed by atoms with van der Waals surface area (Å²) < 4.78 is 26.5. The van der Waals surface area contributed by atoms with Crippen LogP contribution in [-0.2, 0) is 10.0 Å². The molecule has 6 heteroatoms. The second-order valence-electron chi connectivity index (χ2n) is 3.75. The number of benzene rings is 2. The van der Waals surface area contributed by atoms with Crippen molar-refractivity contribution in [2.24, 2.45) is 0 Å². The van der Waals surface area contributed by atoms with Crippen molar-refractivity contribution in [3.63, 3.8) is 0 Å². The van der Waals surface area contributed by atoms with Crippen molar-refractivity contribution in [3.05, 3.63) is 59.1 Å². The lowest BCUT2D eigenvalue weighted by molar-refractivity contribution is 0.601. The molecule has 0 aliphatic rings. The van der Waals surface area contributed by atoms with E-state index in [0.717, 1.165) is 0 Å². The number of sulfonamides is 1. The summed E-state index contributed by atoms with van der Waals surface area (Å²) in [5.74, 6) is 0. The van der Waals surface area contributed by atoms with E-state index in [9.17, 15) is 8.42 Å². The molecule has 0 amide bonds. The van der Waals surface area contributed by atoms with Crippen LogP contribution in [0.3, 0.4) is 0 Å². The average molecular weight is 293 g/mol. The lowest BCUT2D eigenvalue weighted by atomic mass is 10.2. The zero-order valence-corrected chi connectivity index (χ0v) is 11.2. The van der Waals surface area contributed by atoms with E-state index in [-0.39, 0.29) is 4.90 Å². The molecule has 2 aromatic carbocycles. The van der Waals surface area contributed by atoms with E-state index in [1.54, 1.807) is 12.1 Å². The largest absolute Gasteiger partial charge is 0.280 e. The molecule has 0 aromatic heterocycles. The first-order valence-corrected chi connectivity index (χ1v) is 7.16. The summed E-state index contributed by atoms with van der Waals surface area (Å²) >= 11 is 5.71. The Kier molecular flexibility index (Phi) is 3.74. The monoisotopic (exact) mass is 292 g/mol. The predicted molar refractivity (Wildman–Crippen MR) is 73.4 cm³/mol. The van der Waals surface area contributed by atoms with Gasteiger partial charge in [-0.05, 0) is 48.5 Å². The number of nitrogens with zero attached hydrogens (tertiary/aromatic N) is 1. The zero-order chi connectivity index (χ0) is 13.9. The van der Waals surface area contributed by atoms with Crippen molar-refractivity contribution in [2.75, 3.05) is 4.72 Å². The molecule has 96 valence electrons. The van der Waals surface area contributed by atoms with Gasteiger partial charge in [0.05, 0.1) is 16.5 Å². The molecule has 0 radical (unpaired) electrons. The average Bonchev–Trinajstić information content (AvgIpc) is 2.40. The molecule has 0 atom stereocenters. The first-order chi connectivity index (χ1) is 9.01. The second kappa shape index (κ2) is 5.31. The third-order valence-corrected chi connectivity index (χ3v) is 4.04. The molecule has 0 spiro atoms. The Morgan fingerprint density at radius 2 is 1.58 bits per heavy atom. The van der Waals surface area contributed by atoms with Gasteiger partial charge in [0, 0.05) is 10.7 Å². The quantitative estimate of drug-likeness (QED) is 0.945. The summed E-state index contributed by atoms with van der Waals surface area (Å²) in [6.07, 6.45) is 0. The van der Waals surface area contributed by atoms with Crippen LogP contribution in [0.4, 0.5) is 5.69 Å². The number of hydrogen-bond donors (Lipinski definition) is 1. The fourth-order valence-corrected chi connectivity index (χ4v) is 2.63. The highest BCUT2D eigenvalue weighted by Crippen LogP contribution is 2.18. The number of anilines is 1. The standard InChI is InChI=1S/C13H9ClN2O2S/c14-11-3-7-13(8-4-11)19(17,18)16-12-5-1-10(9-15)2-6-12/h1-8,16H. The maximum absolute atomic E-state index is 12.0. The Labute approximate surface area is 116 Å². The van der Waals surface area contributed by atoms with Crippen LogP contribution in [0.1, 0.15) is 5.56 Å². The van der Waals surface area contributed by atoms with Crippen molar-refractivity contribution < 1.29 is 8.42 Å². The van der Waals surface area contributed by atoms with Crippen LogP contribution in [0.2, 0.25) is 5.02 Å². The predicted octanol–water partition coefficient (Wildman–Crippen LogP) is 3.01. The Morgan fingerprint density at radius 1 is 1.00 bits per heavy atom. The van der Waals surface area contributed by atoms with Gasteiger partial charge in [0.15, 0.2) is 0 Å². The van der Waals surface area contributed by atoms with Crippen molar-refractivity contribution >= 4 is 27.3 Å². The molecule has 0 saturated carbocycles. The molecular formula is C13H9ClN2O2S. The SMILES string of the molecule is N#Cc1ccc(NS(=O)(=O)c2ccc(Cl)cc2)cc1. The number of halogens is 1. The van der Waals surface area contributed by atoms with E-state index < -0.39 is 10.0 Å². The Balaban J connectivity index is 2.26. The van der Waals surface area contributed by atoms with Gasteiger partial charge in [-0.1, -0.05) is 11.6 Å². The second-order valence-corrected chi connectivity index (χ2v) is 5.87. The van der Waals surface area contributed by atoms with Crippen LogP contribution in [0.5, 0.6) is 0 Å². The highest BCUT2D eigenvalue weighted by molar-refractivity contribution is 7.92. The summed E-state index contributed by atoms with van der Waals surface area (Å²) in [4.78, 5) is 0.126.